The van der Waals surface area contributed by atoms with Crippen molar-refractivity contribution in [1.82, 2.24) is 19.9 Å². The number of nitrogens with zero attached hydrogens (tertiary/aromatic N) is 5. The van der Waals surface area contributed by atoms with Gasteiger partial charge in [-0.1, -0.05) is 6.07 Å². The van der Waals surface area contributed by atoms with Crippen molar-refractivity contribution in [2.24, 2.45) is 0 Å². The summed E-state index contributed by atoms with van der Waals surface area (Å²) >= 11 is 1.67. The second-order valence-corrected chi connectivity index (χ2v) is 9.53. The van der Waals surface area contributed by atoms with Crippen LogP contribution in [0.4, 0.5) is 5.95 Å². The monoisotopic (exact) mass is 388 g/mol. The lowest BCUT2D eigenvalue weighted by Crippen LogP contribution is -2.46. The average Bonchev–Trinajstić information content (AvgIpc) is 3.10. The Morgan fingerprint density at radius 3 is 2.58 bits per heavy atom. The topological polar surface area (TPSA) is 86.1 Å². The van der Waals surface area contributed by atoms with Gasteiger partial charge in [-0.2, -0.15) is 0 Å². The molecule has 1 N–H and O–H groups in total. The molecule has 0 saturated carbocycles. The molecular formula is C17H20N6OS2. The summed E-state index contributed by atoms with van der Waals surface area (Å²) < 4.78 is 20.5. The highest BCUT2D eigenvalue weighted by Crippen LogP contribution is 2.20. The maximum atomic E-state index is 11.7. The first kappa shape index (κ1) is 17.3. The van der Waals surface area contributed by atoms with Gasteiger partial charge >= 0.3 is 0 Å². The molecular weight excluding hydrogens is 368 g/mol. The van der Waals surface area contributed by atoms with Crippen LogP contribution in [0.5, 0.6) is 0 Å². The fourth-order valence-electron chi connectivity index (χ4n) is 3.04. The van der Waals surface area contributed by atoms with Crippen LogP contribution in [-0.4, -0.2) is 56.5 Å². The van der Waals surface area contributed by atoms with E-state index in [1.165, 1.54) is 28.9 Å². The number of nitrogens with one attached hydrogen (secondary N) is 1. The summed E-state index contributed by atoms with van der Waals surface area (Å²) in [6.07, 6.45) is 4.40. The van der Waals surface area contributed by atoms with Gasteiger partial charge in [-0.3, -0.25) is 4.90 Å². The van der Waals surface area contributed by atoms with Crippen molar-refractivity contribution < 1.29 is 4.21 Å². The summed E-state index contributed by atoms with van der Waals surface area (Å²) in [6.45, 7) is 4.48. The number of aromatic nitrogens is 3. The highest BCUT2D eigenvalue weighted by Gasteiger charge is 2.19. The third kappa shape index (κ3) is 3.69. The van der Waals surface area contributed by atoms with Crippen molar-refractivity contribution >= 4 is 37.2 Å². The largest absolute Gasteiger partial charge is 0.338 e. The van der Waals surface area contributed by atoms with Crippen LogP contribution >= 0.6 is 11.3 Å². The van der Waals surface area contributed by atoms with E-state index in [4.69, 9.17) is 4.78 Å². The average molecular weight is 389 g/mol. The summed E-state index contributed by atoms with van der Waals surface area (Å²) in [5, 5.41) is 0. The minimum Gasteiger partial charge on any atom is -0.338 e. The van der Waals surface area contributed by atoms with Gasteiger partial charge in [0.25, 0.3) is 0 Å². The molecule has 0 spiro atoms. The molecule has 0 unspecified atom stereocenters. The van der Waals surface area contributed by atoms with Crippen LogP contribution in [0.15, 0.2) is 41.0 Å². The van der Waals surface area contributed by atoms with Gasteiger partial charge in [-0.05, 0) is 17.7 Å². The molecule has 3 heterocycles. The first-order valence-corrected chi connectivity index (χ1v) is 11.2. The highest BCUT2D eigenvalue weighted by molar-refractivity contribution is 7.91. The number of anilines is 1. The Bertz CT molecular complexity index is 1010. The van der Waals surface area contributed by atoms with E-state index in [2.05, 4.69) is 43.0 Å². The molecule has 0 radical (unpaired) electrons. The molecule has 26 heavy (non-hydrogen) atoms. The molecule has 1 atom stereocenters. The Morgan fingerprint density at radius 1 is 1.15 bits per heavy atom. The number of rotatable bonds is 4. The third-order valence-corrected chi connectivity index (χ3v) is 6.44. The molecule has 1 saturated heterocycles. The smallest absolute Gasteiger partial charge is 0.225 e. The minimum absolute atomic E-state index is 0.373. The summed E-state index contributed by atoms with van der Waals surface area (Å²) in [5.41, 5.74) is 4.24. The van der Waals surface area contributed by atoms with E-state index >= 15 is 0 Å². The third-order valence-electron chi connectivity index (χ3n) is 4.52. The highest BCUT2D eigenvalue weighted by atomic mass is 32.2. The van der Waals surface area contributed by atoms with Gasteiger partial charge in [-0.15, -0.1) is 11.3 Å². The van der Waals surface area contributed by atoms with Crippen molar-refractivity contribution in [3.8, 4) is 0 Å². The van der Waals surface area contributed by atoms with E-state index in [9.17, 15) is 4.21 Å². The van der Waals surface area contributed by atoms with Gasteiger partial charge in [0.15, 0.2) is 0 Å². The van der Waals surface area contributed by atoms with Crippen molar-refractivity contribution in [2.75, 3.05) is 37.3 Å². The predicted molar refractivity (Wildman–Crippen MR) is 104 cm³/mol. The second kappa shape index (κ2) is 6.90. The van der Waals surface area contributed by atoms with Crippen LogP contribution in [0.2, 0.25) is 0 Å². The molecule has 0 aliphatic carbocycles. The summed E-state index contributed by atoms with van der Waals surface area (Å²) in [4.78, 5) is 17.9. The summed E-state index contributed by atoms with van der Waals surface area (Å²) in [7, 11) is -2.76. The normalized spacial score (nSPS) is 18.1. The number of hydrogen-bond donors (Lipinski definition) is 1. The lowest BCUT2D eigenvalue weighted by atomic mass is 10.2. The van der Waals surface area contributed by atoms with Gasteiger partial charge in [0.1, 0.15) is 0 Å². The fraction of sp³-hybridized carbons (Fsp3) is 0.353. The molecule has 3 aromatic rings. The molecule has 7 nitrogen and oxygen atoms in total. The zero-order chi connectivity index (χ0) is 18.1. The quantitative estimate of drug-likeness (QED) is 0.739. The molecule has 1 fully saturated rings. The van der Waals surface area contributed by atoms with Crippen molar-refractivity contribution in [3.63, 3.8) is 0 Å². The SMILES string of the molecule is C[S@@](=N)(=O)c1cnc(N2CCN(Cc3ccc4scnc4c3)CC2)nc1. The van der Waals surface area contributed by atoms with E-state index in [1.54, 1.807) is 11.3 Å². The van der Waals surface area contributed by atoms with Crippen LogP contribution in [0.3, 0.4) is 0 Å². The molecule has 9 heteroatoms. The Labute approximate surface area is 156 Å². The van der Waals surface area contributed by atoms with Gasteiger partial charge < -0.3 is 4.90 Å². The van der Waals surface area contributed by atoms with Gasteiger partial charge in [0.05, 0.1) is 30.4 Å². The summed E-state index contributed by atoms with van der Waals surface area (Å²) in [6, 6.07) is 6.49. The molecule has 2 aromatic heterocycles. The number of thiazole rings is 1. The molecule has 0 amide bonds. The molecule has 1 aliphatic heterocycles. The number of hydrogen-bond acceptors (Lipinski definition) is 8. The zero-order valence-corrected chi connectivity index (χ0v) is 16.1. The Morgan fingerprint density at radius 2 is 1.88 bits per heavy atom. The van der Waals surface area contributed by atoms with Gasteiger partial charge in [0.2, 0.25) is 5.95 Å². The maximum absolute atomic E-state index is 11.7. The first-order valence-electron chi connectivity index (χ1n) is 8.34. The first-order chi connectivity index (χ1) is 12.5. The van der Waals surface area contributed by atoms with E-state index in [1.807, 2.05) is 5.51 Å². The van der Waals surface area contributed by atoms with E-state index in [0.29, 0.717) is 10.8 Å². The van der Waals surface area contributed by atoms with Crippen molar-refractivity contribution in [3.05, 3.63) is 41.7 Å². The molecule has 0 bridgehead atoms. The minimum atomic E-state index is -2.76. The fourth-order valence-corrected chi connectivity index (χ4v) is 4.21. The Balaban J connectivity index is 1.37. The van der Waals surface area contributed by atoms with E-state index in [-0.39, 0.29) is 0 Å². The van der Waals surface area contributed by atoms with Gasteiger partial charge in [0, 0.05) is 51.4 Å². The standard InChI is InChI=1S/C17H20N6OS2/c1-26(18,24)14-9-19-17(20-10-14)23-6-4-22(5-7-23)11-13-2-3-16-15(8-13)21-12-25-16/h2-3,8-10,12,18H,4-7,11H2,1H3/t26-/m1/s1. The maximum Gasteiger partial charge on any atom is 0.225 e. The van der Waals surface area contributed by atoms with Crippen molar-refractivity contribution in [2.45, 2.75) is 11.4 Å². The number of fused-ring (bicyclic) bond motifs is 1. The van der Waals surface area contributed by atoms with Crippen molar-refractivity contribution in [1.29, 1.82) is 4.78 Å². The van der Waals surface area contributed by atoms with E-state index in [0.717, 1.165) is 38.2 Å². The lowest BCUT2D eigenvalue weighted by Gasteiger charge is -2.34. The van der Waals surface area contributed by atoms with Crippen LogP contribution in [-0.2, 0) is 16.3 Å². The van der Waals surface area contributed by atoms with Crippen LogP contribution in [0.25, 0.3) is 10.2 Å². The molecule has 136 valence electrons. The van der Waals surface area contributed by atoms with Crippen LogP contribution in [0.1, 0.15) is 5.56 Å². The van der Waals surface area contributed by atoms with Crippen LogP contribution in [0, 0.1) is 4.78 Å². The lowest BCUT2D eigenvalue weighted by molar-refractivity contribution is 0.249. The Kier molecular flexibility index (Phi) is 4.60. The number of piperazine rings is 1. The molecule has 1 aromatic carbocycles. The molecule has 4 rings (SSSR count). The van der Waals surface area contributed by atoms with Crippen LogP contribution < -0.4 is 4.90 Å². The zero-order valence-electron chi connectivity index (χ0n) is 14.5. The van der Waals surface area contributed by atoms with E-state index < -0.39 is 9.73 Å². The summed E-state index contributed by atoms with van der Waals surface area (Å²) in [5.74, 6) is 0.640. The second-order valence-electron chi connectivity index (χ2n) is 6.48. The van der Waals surface area contributed by atoms with Gasteiger partial charge in [-0.25, -0.2) is 23.9 Å². The number of benzene rings is 1. The molecule has 1 aliphatic rings. The predicted octanol–water partition coefficient (Wildman–Crippen LogP) is 2.44. The Hall–Kier alpha value is -2.10.